The number of carbonyl (C=O) groups is 1. The maximum atomic E-state index is 12.4. The molecule has 102 valence electrons. The van der Waals surface area contributed by atoms with E-state index in [1.807, 2.05) is 63.6 Å². The van der Waals surface area contributed by atoms with Gasteiger partial charge in [-0.25, -0.2) is 4.98 Å². The monoisotopic (exact) mass is 285 g/mol. The molecule has 3 aromatic rings. The standard InChI is InChI=1S/C15H15N3OS/c1-2-17(15(19)12-6-8-20-11-12)10-13-9-16-14-5-3-4-7-18(13)14/h3-9,11H,2,10H2,1H3. The fourth-order valence-electron chi connectivity index (χ4n) is 2.19. The Balaban J connectivity index is 1.86. The summed E-state index contributed by atoms with van der Waals surface area (Å²) >= 11 is 1.54. The van der Waals surface area contributed by atoms with E-state index in [1.165, 1.54) is 0 Å². The smallest absolute Gasteiger partial charge is 0.255 e. The van der Waals surface area contributed by atoms with Crippen molar-refractivity contribution in [1.29, 1.82) is 0 Å². The van der Waals surface area contributed by atoms with E-state index in [2.05, 4.69) is 4.98 Å². The Morgan fingerprint density at radius 3 is 3.05 bits per heavy atom. The first kappa shape index (κ1) is 12.9. The van der Waals surface area contributed by atoms with Crippen LogP contribution in [0.2, 0.25) is 0 Å². The highest BCUT2D eigenvalue weighted by atomic mass is 32.1. The van der Waals surface area contributed by atoms with E-state index < -0.39 is 0 Å². The molecule has 0 aliphatic rings. The average molecular weight is 285 g/mol. The summed E-state index contributed by atoms with van der Waals surface area (Å²) in [5.74, 6) is 0.0691. The molecular formula is C15H15N3OS. The van der Waals surface area contributed by atoms with E-state index in [0.29, 0.717) is 13.1 Å². The molecule has 0 saturated heterocycles. The van der Waals surface area contributed by atoms with E-state index in [0.717, 1.165) is 16.9 Å². The molecule has 0 spiro atoms. The van der Waals surface area contributed by atoms with Crippen LogP contribution in [-0.2, 0) is 6.54 Å². The molecule has 20 heavy (non-hydrogen) atoms. The van der Waals surface area contributed by atoms with Crippen LogP contribution in [0.1, 0.15) is 23.0 Å². The van der Waals surface area contributed by atoms with Gasteiger partial charge in [0.05, 0.1) is 24.0 Å². The molecule has 0 fully saturated rings. The maximum Gasteiger partial charge on any atom is 0.255 e. The summed E-state index contributed by atoms with van der Waals surface area (Å²) in [5.41, 5.74) is 2.68. The van der Waals surface area contributed by atoms with Crippen molar-refractivity contribution in [3.05, 3.63) is 58.7 Å². The predicted octanol–water partition coefficient (Wildman–Crippen LogP) is 3.06. The lowest BCUT2D eigenvalue weighted by Gasteiger charge is -2.20. The number of amides is 1. The number of nitrogens with zero attached hydrogens (tertiary/aromatic N) is 3. The first-order valence-corrected chi connectivity index (χ1v) is 7.46. The molecule has 0 aromatic carbocycles. The minimum absolute atomic E-state index is 0.0691. The van der Waals surface area contributed by atoms with Gasteiger partial charge in [0.1, 0.15) is 5.65 Å². The van der Waals surface area contributed by atoms with Gasteiger partial charge in [0, 0.05) is 18.1 Å². The molecule has 5 heteroatoms. The van der Waals surface area contributed by atoms with Crippen LogP contribution < -0.4 is 0 Å². The van der Waals surface area contributed by atoms with Gasteiger partial charge in [-0.15, -0.1) is 0 Å². The van der Waals surface area contributed by atoms with Crippen LogP contribution in [0.5, 0.6) is 0 Å². The Hall–Kier alpha value is -2.14. The third kappa shape index (κ3) is 2.32. The Bertz CT molecular complexity index is 718. The van der Waals surface area contributed by atoms with E-state index in [-0.39, 0.29) is 5.91 Å². The van der Waals surface area contributed by atoms with Gasteiger partial charge in [-0.2, -0.15) is 11.3 Å². The fourth-order valence-corrected chi connectivity index (χ4v) is 2.82. The third-order valence-electron chi connectivity index (χ3n) is 3.28. The molecule has 0 unspecified atom stereocenters. The van der Waals surface area contributed by atoms with Crippen LogP contribution in [0.15, 0.2) is 47.4 Å². The second kappa shape index (κ2) is 5.46. The number of thiophene rings is 1. The zero-order valence-corrected chi connectivity index (χ0v) is 12.0. The van der Waals surface area contributed by atoms with Gasteiger partial charge in [0.25, 0.3) is 5.91 Å². The predicted molar refractivity (Wildman–Crippen MR) is 79.9 cm³/mol. The molecule has 3 aromatic heterocycles. The van der Waals surface area contributed by atoms with Gasteiger partial charge in [-0.3, -0.25) is 4.79 Å². The van der Waals surface area contributed by atoms with Crippen molar-refractivity contribution in [2.45, 2.75) is 13.5 Å². The Kier molecular flexibility index (Phi) is 3.52. The van der Waals surface area contributed by atoms with Gasteiger partial charge in [0.15, 0.2) is 0 Å². The molecule has 0 aliphatic heterocycles. The highest BCUT2D eigenvalue weighted by Crippen LogP contribution is 2.14. The summed E-state index contributed by atoms with van der Waals surface area (Å²) in [4.78, 5) is 18.6. The fraction of sp³-hybridized carbons (Fsp3) is 0.200. The number of rotatable bonds is 4. The molecule has 0 aliphatic carbocycles. The van der Waals surface area contributed by atoms with Crippen molar-refractivity contribution in [1.82, 2.24) is 14.3 Å². The van der Waals surface area contributed by atoms with Crippen molar-refractivity contribution in [2.75, 3.05) is 6.54 Å². The SMILES string of the molecule is CCN(Cc1cnc2ccccn12)C(=O)c1ccsc1. The molecule has 0 radical (unpaired) electrons. The van der Waals surface area contributed by atoms with E-state index in [9.17, 15) is 4.79 Å². The minimum atomic E-state index is 0.0691. The van der Waals surface area contributed by atoms with Crippen molar-refractivity contribution in [2.24, 2.45) is 0 Å². The van der Waals surface area contributed by atoms with Crippen LogP contribution >= 0.6 is 11.3 Å². The zero-order valence-electron chi connectivity index (χ0n) is 11.2. The first-order valence-electron chi connectivity index (χ1n) is 6.52. The van der Waals surface area contributed by atoms with Gasteiger partial charge in [0.2, 0.25) is 0 Å². The van der Waals surface area contributed by atoms with E-state index in [4.69, 9.17) is 0 Å². The zero-order chi connectivity index (χ0) is 13.9. The minimum Gasteiger partial charge on any atom is -0.333 e. The lowest BCUT2D eigenvalue weighted by atomic mass is 10.2. The van der Waals surface area contributed by atoms with Gasteiger partial charge in [-0.1, -0.05) is 6.07 Å². The van der Waals surface area contributed by atoms with Crippen molar-refractivity contribution in [3.63, 3.8) is 0 Å². The summed E-state index contributed by atoms with van der Waals surface area (Å²) < 4.78 is 2.02. The van der Waals surface area contributed by atoms with Crippen LogP contribution in [0.4, 0.5) is 0 Å². The number of carbonyl (C=O) groups excluding carboxylic acids is 1. The second-order valence-corrected chi connectivity index (χ2v) is 5.29. The average Bonchev–Trinajstić information content (AvgIpc) is 3.14. The number of imidazole rings is 1. The molecule has 3 rings (SSSR count). The largest absolute Gasteiger partial charge is 0.333 e. The summed E-state index contributed by atoms with van der Waals surface area (Å²) in [7, 11) is 0. The molecule has 4 nitrogen and oxygen atoms in total. The van der Waals surface area contributed by atoms with Crippen LogP contribution in [0, 0.1) is 0 Å². The van der Waals surface area contributed by atoms with E-state index in [1.54, 1.807) is 11.3 Å². The van der Waals surface area contributed by atoms with Crippen LogP contribution in [0.25, 0.3) is 5.65 Å². The van der Waals surface area contributed by atoms with Crippen molar-refractivity contribution >= 4 is 22.9 Å². The Morgan fingerprint density at radius 1 is 1.40 bits per heavy atom. The Morgan fingerprint density at radius 2 is 2.30 bits per heavy atom. The summed E-state index contributed by atoms with van der Waals surface area (Å²) in [6, 6.07) is 7.75. The van der Waals surface area contributed by atoms with E-state index >= 15 is 0 Å². The maximum absolute atomic E-state index is 12.4. The van der Waals surface area contributed by atoms with Crippen LogP contribution in [-0.4, -0.2) is 26.7 Å². The molecular weight excluding hydrogens is 270 g/mol. The molecule has 3 heterocycles. The summed E-state index contributed by atoms with van der Waals surface area (Å²) in [6.07, 6.45) is 3.81. The molecule has 0 atom stereocenters. The lowest BCUT2D eigenvalue weighted by Crippen LogP contribution is -2.30. The van der Waals surface area contributed by atoms with Gasteiger partial charge < -0.3 is 9.30 Å². The number of hydrogen-bond acceptors (Lipinski definition) is 3. The topological polar surface area (TPSA) is 37.6 Å². The van der Waals surface area contributed by atoms with Crippen molar-refractivity contribution in [3.8, 4) is 0 Å². The Labute approximate surface area is 121 Å². The normalized spacial score (nSPS) is 10.8. The molecule has 0 bridgehead atoms. The summed E-state index contributed by atoms with van der Waals surface area (Å²) in [5, 5.41) is 3.81. The highest BCUT2D eigenvalue weighted by molar-refractivity contribution is 7.08. The third-order valence-corrected chi connectivity index (χ3v) is 3.97. The number of pyridine rings is 1. The van der Waals surface area contributed by atoms with Gasteiger partial charge in [-0.05, 0) is 30.5 Å². The van der Waals surface area contributed by atoms with Crippen LogP contribution in [0.3, 0.4) is 0 Å². The molecule has 0 saturated carbocycles. The molecule has 1 amide bonds. The number of hydrogen-bond donors (Lipinski definition) is 0. The first-order chi connectivity index (χ1) is 9.79. The summed E-state index contributed by atoms with van der Waals surface area (Å²) in [6.45, 7) is 3.23. The quantitative estimate of drug-likeness (QED) is 0.739. The number of fused-ring (bicyclic) bond motifs is 1. The highest BCUT2D eigenvalue weighted by Gasteiger charge is 2.16. The van der Waals surface area contributed by atoms with Gasteiger partial charge >= 0.3 is 0 Å². The number of aromatic nitrogens is 2. The second-order valence-electron chi connectivity index (χ2n) is 4.51. The van der Waals surface area contributed by atoms with Crippen molar-refractivity contribution < 1.29 is 4.79 Å². The molecule has 0 N–H and O–H groups in total. The lowest BCUT2D eigenvalue weighted by molar-refractivity contribution is 0.0751.